The van der Waals surface area contributed by atoms with Crippen molar-refractivity contribution >= 4 is 67.3 Å². The summed E-state index contributed by atoms with van der Waals surface area (Å²) in [5.74, 6) is -0.434. The largest absolute Gasteiger partial charge is 0.450 e. The molecule has 2 heterocycles. The summed E-state index contributed by atoms with van der Waals surface area (Å²) < 4.78 is 22.2. The lowest BCUT2D eigenvalue weighted by Crippen LogP contribution is -2.45. The molecule has 162 valence electrons. The quantitative estimate of drug-likeness (QED) is 0.215. The average Bonchev–Trinajstić information content (AvgIpc) is 3.11. The highest BCUT2D eigenvalue weighted by Gasteiger charge is 2.34. The number of nitrogens with zero attached hydrogens (tertiary/aromatic N) is 2. The van der Waals surface area contributed by atoms with E-state index in [-0.39, 0.29) is 17.1 Å². The maximum Gasteiger partial charge on any atom is 0.307 e. The molecule has 0 aliphatic carbocycles. The molecule has 0 saturated heterocycles. The lowest BCUT2D eigenvalue weighted by atomic mass is 9.80. The summed E-state index contributed by atoms with van der Waals surface area (Å²) in [6.45, 7) is 6.47. The fraction of sp³-hybridized carbons (Fsp3) is 0.304. The van der Waals surface area contributed by atoms with Crippen LogP contribution in [0.1, 0.15) is 54.8 Å². The van der Waals surface area contributed by atoms with Crippen LogP contribution in [0.15, 0.2) is 44.3 Å². The van der Waals surface area contributed by atoms with Crippen LogP contribution >= 0.6 is 38.5 Å². The minimum absolute atomic E-state index is 0.0393. The molecule has 5 nitrogen and oxygen atoms in total. The third-order valence-electron chi connectivity index (χ3n) is 5.88. The van der Waals surface area contributed by atoms with E-state index in [1.807, 2.05) is 25.2 Å². The molecule has 31 heavy (non-hydrogen) atoms. The second-order valence-corrected chi connectivity index (χ2v) is 10.6. The minimum Gasteiger partial charge on any atom is -0.450 e. The third-order valence-corrected chi connectivity index (χ3v) is 7.14. The smallest absolute Gasteiger partial charge is 0.307 e. The Hall–Kier alpha value is -1.94. The molecule has 1 aliphatic heterocycles. The van der Waals surface area contributed by atoms with Gasteiger partial charge in [0.05, 0.1) is 9.78 Å². The molecular weight excluding hydrogens is 576 g/mol. The molecule has 4 rings (SSSR count). The number of fused-ring (bicyclic) bond motifs is 2. The molecule has 1 atom stereocenters. The third kappa shape index (κ3) is 4.24. The van der Waals surface area contributed by atoms with Gasteiger partial charge in [0.1, 0.15) is 11.4 Å². The van der Waals surface area contributed by atoms with Gasteiger partial charge in [-0.25, -0.2) is 9.82 Å². The minimum atomic E-state index is -0.493. The number of anilines is 1. The number of furan rings is 1. The highest BCUT2D eigenvalue weighted by atomic mass is 127. The Balaban J connectivity index is 1.55. The first kappa shape index (κ1) is 22.3. The van der Waals surface area contributed by atoms with Crippen molar-refractivity contribution in [2.75, 3.05) is 11.9 Å². The van der Waals surface area contributed by atoms with Gasteiger partial charge in [0, 0.05) is 33.7 Å². The van der Waals surface area contributed by atoms with E-state index in [0.717, 1.165) is 31.1 Å². The molecule has 1 unspecified atom stereocenters. The molecular formula is C23H22BrFIN3O2. The highest BCUT2D eigenvalue weighted by molar-refractivity contribution is 14.1. The standard InChI is InChI=1S/C23H22BrFIN3O2/c1-12-10-23(2,3)29(4)19-9-17(25)14(6-16(12)19)11-27-28-22(30)20-7-13-5-15(24)8-18(26)21(13)31-20/h5-9,11-12H,10H2,1-4H3,(H,28,30)/b27-11-. The Kier molecular flexibility index (Phi) is 5.89. The number of rotatable bonds is 3. The normalized spacial score (nSPS) is 17.9. The summed E-state index contributed by atoms with van der Waals surface area (Å²) in [5.41, 5.74) is 5.33. The number of amides is 1. The second-order valence-electron chi connectivity index (χ2n) is 8.52. The molecule has 0 fully saturated rings. The molecule has 8 heteroatoms. The highest BCUT2D eigenvalue weighted by Crippen LogP contribution is 2.43. The maximum absolute atomic E-state index is 14.7. The molecule has 3 aromatic rings. The van der Waals surface area contributed by atoms with E-state index in [2.05, 4.69) is 74.7 Å². The van der Waals surface area contributed by atoms with E-state index >= 15 is 0 Å². The van der Waals surface area contributed by atoms with Crippen molar-refractivity contribution in [3.63, 3.8) is 0 Å². The van der Waals surface area contributed by atoms with Gasteiger partial charge in [-0.2, -0.15) is 5.10 Å². The maximum atomic E-state index is 14.7. The molecule has 0 radical (unpaired) electrons. The van der Waals surface area contributed by atoms with Gasteiger partial charge in [-0.05, 0) is 84.7 Å². The fourth-order valence-corrected chi connectivity index (χ4v) is 5.77. The Morgan fingerprint density at radius 2 is 2.10 bits per heavy atom. The van der Waals surface area contributed by atoms with Crippen LogP contribution in [0.25, 0.3) is 11.0 Å². The van der Waals surface area contributed by atoms with E-state index in [0.29, 0.717) is 17.1 Å². The van der Waals surface area contributed by atoms with Gasteiger partial charge in [0.15, 0.2) is 5.76 Å². The zero-order chi connectivity index (χ0) is 22.5. The number of halogens is 3. The lowest BCUT2D eigenvalue weighted by molar-refractivity contribution is 0.0929. The first-order chi connectivity index (χ1) is 14.6. The van der Waals surface area contributed by atoms with Crippen LogP contribution in [0, 0.1) is 9.39 Å². The van der Waals surface area contributed by atoms with Crippen LogP contribution in [-0.2, 0) is 0 Å². The van der Waals surface area contributed by atoms with Gasteiger partial charge < -0.3 is 9.32 Å². The van der Waals surface area contributed by atoms with Crippen molar-refractivity contribution in [3.05, 3.63) is 61.1 Å². The summed E-state index contributed by atoms with van der Waals surface area (Å²) in [6.07, 6.45) is 2.30. The Labute approximate surface area is 202 Å². The zero-order valence-corrected chi connectivity index (χ0v) is 21.3. The van der Waals surface area contributed by atoms with Gasteiger partial charge >= 0.3 is 5.91 Å². The van der Waals surface area contributed by atoms with Gasteiger partial charge in [-0.15, -0.1) is 0 Å². The fourth-order valence-electron chi connectivity index (χ4n) is 4.11. The topological polar surface area (TPSA) is 57.8 Å². The van der Waals surface area contributed by atoms with Crippen molar-refractivity contribution in [2.24, 2.45) is 5.10 Å². The van der Waals surface area contributed by atoms with Gasteiger partial charge in [0.2, 0.25) is 0 Å². The average molecular weight is 598 g/mol. The SMILES string of the molecule is CC1CC(C)(C)N(C)c2cc(F)c(/C=N\NC(=O)c3cc4cc(Br)cc(I)c4o3)cc21. The predicted molar refractivity (Wildman–Crippen MR) is 134 cm³/mol. The molecule has 1 aromatic heterocycles. The van der Waals surface area contributed by atoms with Gasteiger partial charge in [0.25, 0.3) is 0 Å². The number of carbonyl (C=O) groups is 1. The summed E-state index contributed by atoms with van der Waals surface area (Å²) >= 11 is 5.59. The van der Waals surface area contributed by atoms with E-state index in [1.165, 1.54) is 6.21 Å². The van der Waals surface area contributed by atoms with E-state index < -0.39 is 5.91 Å². The van der Waals surface area contributed by atoms with E-state index in [9.17, 15) is 9.18 Å². The Bertz CT molecular complexity index is 1220. The summed E-state index contributed by atoms with van der Waals surface area (Å²) in [5, 5.41) is 4.78. The molecule has 0 saturated carbocycles. The molecule has 1 N–H and O–H groups in total. The van der Waals surface area contributed by atoms with Crippen LogP contribution in [0.3, 0.4) is 0 Å². The van der Waals surface area contributed by atoms with Crippen LogP contribution < -0.4 is 10.3 Å². The van der Waals surface area contributed by atoms with Crippen molar-refractivity contribution in [3.8, 4) is 0 Å². The first-order valence-electron chi connectivity index (χ1n) is 9.86. The summed E-state index contributed by atoms with van der Waals surface area (Å²) in [7, 11) is 1.99. The van der Waals surface area contributed by atoms with Crippen LogP contribution in [-0.4, -0.2) is 24.7 Å². The van der Waals surface area contributed by atoms with Crippen molar-refractivity contribution in [2.45, 2.75) is 38.6 Å². The number of hydrogen-bond acceptors (Lipinski definition) is 4. The van der Waals surface area contributed by atoms with Crippen molar-refractivity contribution in [1.29, 1.82) is 0 Å². The Morgan fingerprint density at radius 3 is 2.84 bits per heavy atom. The van der Waals surface area contributed by atoms with Gasteiger partial charge in [-0.3, -0.25) is 4.79 Å². The van der Waals surface area contributed by atoms with Crippen LogP contribution in [0.5, 0.6) is 0 Å². The molecule has 0 spiro atoms. The van der Waals surface area contributed by atoms with E-state index in [1.54, 1.807) is 12.1 Å². The van der Waals surface area contributed by atoms with Crippen molar-refractivity contribution < 1.29 is 13.6 Å². The number of carbonyl (C=O) groups excluding carboxylic acids is 1. The predicted octanol–water partition coefficient (Wildman–Crippen LogP) is 6.42. The number of hydrogen-bond donors (Lipinski definition) is 1. The Morgan fingerprint density at radius 1 is 1.35 bits per heavy atom. The number of nitrogens with one attached hydrogen (secondary N) is 1. The van der Waals surface area contributed by atoms with Crippen LogP contribution in [0.4, 0.5) is 10.1 Å². The van der Waals surface area contributed by atoms with Crippen molar-refractivity contribution in [1.82, 2.24) is 5.43 Å². The summed E-state index contributed by atoms with van der Waals surface area (Å²) in [4.78, 5) is 14.6. The van der Waals surface area contributed by atoms with Crippen LogP contribution in [0.2, 0.25) is 0 Å². The molecule has 0 bridgehead atoms. The number of hydrazone groups is 1. The van der Waals surface area contributed by atoms with E-state index in [4.69, 9.17) is 4.42 Å². The number of benzene rings is 2. The molecule has 1 amide bonds. The van der Waals surface area contributed by atoms with Gasteiger partial charge in [-0.1, -0.05) is 22.9 Å². The summed E-state index contributed by atoms with van der Waals surface area (Å²) in [6, 6.07) is 8.81. The lowest BCUT2D eigenvalue weighted by Gasteiger charge is -2.45. The first-order valence-corrected chi connectivity index (χ1v) is 11.7. The second kappa shape index (κ2) is 8.20. The molecule has 2 aromatic carbocycles. The monoisotopic (exact) mass is 597 g/mol. The zero-order valence-electron chi connectivity index (χ0n) is 17.6. The molecule has 1 aliphatic rings.